The van der Waals surface area contributed by atoms with Crippen LogP contribution < -0.4 is 5.32 Å². The Labute approximate surface area is 196 Å². The molecule has 3 atom stereocenters. The van der Waals surface area contributed by atoms with Crippen molar-refractivity contribution in [3.63, 3.8) is 0 Å². The van der Waals surface area contributed by atoms with Crippen LogP contribution in [0.4, 0.5) is 0 Å². The van der Waals surface area contributed by atoms with Gasteiger partial charge in [-0.05, 0) is 61.5 Å². The van der Waals surface area contributed by atoms with Crippen LogP contribution in [0.25, 0.3) is 11.3 Å². The van der Waals surface area contributed by atoms with Gasteiger partial charge in [-0.2, -0.15) is 0 Å². The minimum atomic E-state index is -0.154. The van der Waals surface area contributed by atoms with Gasteiger partial charge in [0.15, 0.2) is 5.11 Å². The number of pyridine rings is 1. The second-order valence-electron chi connectivity index (χ2n) is 7.72. The quantitative estimate of drug-likeness (QED) is 0.472. The molecule has 1 aromatic carbocycles. The summed E-state index contributed by atoms with van der Waals surface area (Å²) in [7, 11) is 0. The van der Waals surface area contributed by atoms with Gasteiger partial charge in [0.25, 0.3) is 0 Å². The third kappa shape index (κ3) is 4.05. The monoisotopic (exact) mass is 473 g/mol. The molecule has 8 heteroatoms. The first-order valence-electron chi connectivity index (χ1n) is 10.3. The summed E-state index contributed by atoms with van der Waals surface area (Å²) in [6, 6.07) is 15.0. The fraction of sp³-hybridized carbons (Fsp3) is 0.304. The average molecular weight is 474 g/mol. The zero-order valence-electron chi connectivity index (χ0n) is 16.6. The van der Waals surface area contributed by atoms with Crippen molar-refractivity contribution in [2.24, 2.45) is 0 Å². The van der Waals surface area contributed by atoms with Crippen LogP contribution in [0.5, 0.6) is 0 Å². The van der Waals surface area contributed by atoms with Crippen LogP contribution in [0.15, 0.2) is 59.1 Å². The summed E-state index contributed by atoms with van der Waals surface area (Å²) < 4.78 is 12.2. The molecule has 0 amide bonds. The minimum Gasteiger partial charge on any atom is -0.459 e. The third-order valence-electron chi connectivity index (χ3n) is 5.76. The van der Waals surface area contributed by atoms with E-state index in [0.29, 0.717) is 27.5 Å². The Balaban J connectivity index is 1.52. The van der Waals surface area contributed by atoms with Gasteiger partial charge in [-0.15, -0.1) is 0 Å². The lowest BCUT2D eigenvalue weighted by Gasteiger charge is -2.28. The molecule has 2 saturated heterocycles. The van der Waals surface area contributed by atoms with Gasteiger partial charge in [-0.1, -0.05) is 35.3 Å². The zero-order valence-corrected chi connectivity index (χ0v) is 19.0. The third-order valence-corrected chi connectivity index (χ3v) is 6.93. The number of halogens is 2. The molecule has 1 N–H and O–H groups in total. The van der Waals surface area contributed by atoms with Gasteiger partial charge in [0.1, 0.15) is 17.6 Å². The highest BCUT2D eigenvalue weighted by Gasteiger charge is 2.42. The normalized spacial score (nSPS) is 23.4. The predicted octanol–water partition coefficient (Wildman–Crippen LogP) is 5.80. The van der Waals surface area contributed by atoms with Crippen LogP contribution in [-0.2, 0) is 4.74 Å². The smallest absolute Gasteiger partial charge is 0.170 e. The molecule has 0 spiro atoms. The van der Waals surface area contributed by atoms with Crippen molar-refractivity contribution in [1.29, 1.82) is 0 Å². The summed E-state index contributed by atoms with van der Waals surface area (Å²) in [4.78, 5) is 6.73. The van der Waals surface area contributed by atoms with E-state index in [0.717, 1.165) is 36.5 Å². The molecule has 2 aliphatic heterocycles. The van der Waals surface area contributed by atoms with Crippen LogP contribution >= 0.6 is 35.4 Å². The van der Waals surface area contributed by atoms with E-state index in [4.69, 9.17) is 44.6 Å². The average Bonchev–Trinajstić information content (AvgIpc) is 3.52. The number of rotatable bonds is 5. The number of thiocarbonyl (C=S) groups is 1. The summed E-state index contributed by atoms with van der Waals surface area (Å²) in [5.74, 6) is 1.45. The number of aromatic nitrogens is 1. The van der Waals surface area contributed by atoms with Crippen molar-refractivity contribution >= 4 is 40.5 Å². The van der Waals surface area contributed by atoms with Crippen LogP contribution in [0.1, 0.15) is 36.4 Å². The second-order valence-corrected chi connectivity index (χ2v) is 8.89. The van der Waals surface area contributed by atoms with Crippen LogP contribution in [0, 0.1) is 0 Å². The Morgan fingerprint density at radius 2 is 2.03 bits per heavy atom. The maximum atomic E-state index is 6.42. The number of furan rings is 1. The number of hydrogen-bond acceptors (Lipinski definition) is 4. The van der Waals surface area contributed by atoms with E-state index in [1.807, 2.05) is 42.5 Å². The van der Waals surface area contributed by atoms with E-state index in [1.165, 1.54) is 0 Å². The molecule has 0 bridgehead atoms. The number of benzene rings is 1. The van der Waals surface area contributed by atoms with Crippen LogP contribution in [0.3, 0.4) is 0 Å². The van der Waals surface area contributed by atoms with E-state index >= 15 is 0 Å². The first-order valence-corrected chi connectivity index (χ1v) is 11.4. The van der Waals surface area contributed by atoms with Crippen LogP contribution in [-0.4, -0.2) is 34.3 Å². The summed E-state index contributed by atoms with van der Waals surface area (Å²) in [5, 5.41) is 5.09. The molecule has 5 rings (SSSR count). The van der Waals surface area contributed by atoms with Gasteiger partial charge in [0.2, 0.25) is 0 Å². The van der Waals surface area contributed by atoms with Crippen molar-refractivity contribution in [3.8, 4) is 11.3 Å². The highest BCUT2D eigenvalue weighted by molar-refractivity contribution is 7.80. The molecule has 5 nitrogen and oxygen atoms in total. The maximum absolute atomic E-state index is 6.42. The van der Waals surface area contributed by atoms with Gasteiger partial charge in [0, 0.05) is 24.9 Å². The predicted molar refractivity (Wildman–Crippen MR) is 125 cm³/mol. The molecule has 3 aromatic rings. The lowest BCUT2D eigenvalue weighted by molar-refractivity contribution is 0.0818. The molecular formula is C23H21Cl2N3O2S. The summed E-state index contributed by atoms with van der Waals surface area (Å²) in [5.41, 5.74) is 1.66. The largest absolute Gasteiger partial charge is 0.459 e. The lowest BCUT2D eigenvalue weighted by atomic mass is 10.0. The number of nitrogens with zero attached hydrogens (tertiary/aromatic N) is 2. The second kappa shape index (κ2) is 8.79. The van der Waals surface area contributed by atoms with E-state index in [1.54, 1.807) is 12.3 Å². The fourth-order valence-corrected chi connectivity index (χ4v) is 4.98. The van der Waals surface area contributed by atoms with Crippen molar-refractivity contribution in [2.45, 2.75) is 31.0 Å². The number of hydrogen-bond donors (Lipinski definition) is 1. The van der Waals surface area contributed by atoms with Crippen molar-refractivity contribution < 1.29 is 9.15 Å². The molecule has 0 aliphatic carbocycles. The first kappa shape index (κ1) is 20.8. The van der Waals surface area contributed by atoms with Gasteiger partial charge in [-0.25, -0.2) is 0 Å². The Hall–Kier alpha value is -2.12. The van der Waals surface area contributed by atoms with Crippen LogP contribution in [0.2, 0.25) is 10.0 Å². The van der Waals surface area contributed by atoms with Crippen molar-refractivity contribution in [1.82, 2.24) is 15.2 Å². The molecular weight excluding hydrogens is 453 g/mol. The SMILES string of the molecule is S=C1N[C@H](c2ccccn2)[C@@H](c2ccc(-c3cccc(Cl)c3Cl)o2)N1C[C@H]1CCCO1. The van der Waals surface area contributed by atoms with Crippen molar-refractivity contribution in [3.05, 3.63) is 76.2 Å². The molecule has 0 saturated carbocycles. The lowest BCUT2D eigenvalue weighted by Crippen LogP contribution is -2.36. The Morgan fingerprint density at radius 3 is 2.81 bits per heavy atom. The molecule has 2 aliphatic rings. The molecule has 2 fully saturated rings. The molecule has 0 radical (unpaired) electrons. The highest BCUT2D eigenvalue weighted by atomic mass is 35.5. The Morgan fingerprint density at radius 1 is 1.13 bits per heavy atom. The van der Waals surface area contributed by atoms with E-state index in [9.17, 15) is 0 Å². The Bertz CT molecular complexity index is 1090. The van der Waals surface area contributed by atoms with Gasteiger partial charge < -0.3 is 19.4 Å². The number of nitrogens with one attached hydrogen (secondary N) is 1. The van der Waals surface area contributed by atoms with Gasteiger partial charge in [-0.3, -0.25) is 4.98 Å². The van der Waals surface area contributed by atoms with E-state index < -0.39 is 0 Å². The van der Waals surface area contributed by atoms with E-state index in [2.05, 4.69) is 15.2 Å². The molecule has 160 valence electrons. The standard InChI is InChI=1S/C23H21Cl2N3O2S/c24-16-7-3-6-15(20(16)25)18-9-10-19(30-18)22-21(17-8-1-2-11-26-17)27-23(31)28(22)13-14-5-4-12-29-14/h1-3,6-11,14,21-22H,4-5,12-13H2,(H,27,31)/t14-,21-,22-/m1/s1. The molecule has 31 heavy (non-hydrogen) atoms. The fourth-order valence-electron chi connectivity index (χ4n) is 4.27. The minimum absolute atomic E-state index is 0.135. The van der Waals surface area contributed by atoms with Gasteiger partial charge in [0.05, 0.1) is 27.9 Å². The topological polar surface area (TPSA) is 50.5 Å². The highest BCUT2D eigenvalue weighted by Crippen LogP contribution is 2.42. The first-order chi connectivity index (χ1) is 15.1. The van der Waals surface area contributed by atoms with Crippen molar-refractivity contribution in [2.75, 3.05) is 13.2 Å². The maximum Gasteiger partial charge on any atom is 0.170 e. The molecule has 4 heterocycles. The molecule has 2 aromatic heterocycles. The van der Waals surface area contributed by atoms with Gasteiger partial charge >= 0.3 is 0 Å². The summed E-state index contributed by atoms with van der Waals surface area (Å²) >= 11 is 18.4. The summed E-state index contributed by atoms with van der Waals surface area (Å²) in [6.45, 7) is 1.50. The van der Waals surface area contributed by atoms with E-state index in [-0.39, 0.29) is 18.2 Å². The number of ether oxygens (including phenoxy) is 1. The molecule has 0 unspecified atom stereocenters. The Kier molecular flexibility index (Phi) is 5.89. The summed E-state index contributed by atoms with van der Waals surface area (Å²) in [6.07, 6.45) is 4.05. The zero-order chi connectivity index (χ0) is 21.4.